The molecule has 0 aromatic rings. The Bertz CT molecular complexity index is 329. The van der Waals surface area contributed by atoms with Gasteiger partial charge >= 0.3 is 0 Å². The lowest BCUT2D eigenvalue weighted by Crippen LogP contribution is -2.15. The van der Waals surface area contributed by atoms with Gasteiger partial charge in [0.25, 0.3) is 0 Å². The Hall–Kier alpha value is -0.440. The molecule has 2 aliphatic carbocycles. The summed E-state index contributed by atoms with van der Waals surface area (Å²) in [7, 11) is 0. The lowest BCUT2D eigenvalue weighted by molar-refractivity contribution is 0.292. The van der Waals surface area contributed by atoms with Crippen LogP contribution in [0.1, 0.15) is 104 Å². The second kappa shape index (κ2) is 10.4. The Morgan fingerprint density at radius 2 is 1.18 bits per heavy atom. The average Bonchev–Trinajstić information content (AvgIpc) is 2.58. The van der Waals surface area contributed by atoms with Crippen LogP contribution >= 0.6 is 0 Å². The van der Waals surface area contributed by atoms with E-state index < -0.39 is 0 Å². The van der Waals surface area contributed by atoms with Crippen LogP contribution in [0, 0.1) is 35.5 Å². The zero-order chi connectivity index (χ0) is 15.6. The van der Waals surface area contributed by atoms with Crippen molar-refractivity contribution in [3.8, 4) is 11.8 Å². The normalized spacial score (nSPS) is 32.3. The molecule has 0 unspecified atom stereocenters. The van der Waals surface area contributed by atoms with Crippen molar-refractivity contribution >= 4 is 0 Å². The van der Waals surface area contributed by atoms with Gasteiger partial charge in [0.1, 0.15) is 0 Å². The predicted octanol–water partition coefficient (Wildman–Crippen LogP) is 6.98. The van der Waals surface area contributed by atoms with Gasteiger partial charge in [-0.15, -0.1) is 0 Å². The van der Waals surface area contributed by atoms with Crippen LogP contribution in [-0.4, -0.2) is 0 Å². The fourth-order valence-corrected chi connectivity index (χ4v) is 4.41. The third-order valence-corrected chi connectivity index (χ3v) is 6.23. The number of hydrogen-bond donors (Lipinski definition) is 0. The van der Waals surface area contributed by atoms with E-state index in [0.717, 1.165) is 23.7 Å². The number of rotatable bonds is 6. The van der Waals surface area contributed by atoms with E-state index in [1.165, 1.54) is 89.9 Å². The maximum Gasteiger partial charge on any atom is 0.0203 e. The standard InChI is InChI=1S/C22H38/c1-3-5-6-7-8-20-13-15-22(16-14-20)18-17-21-11-9-19(4-2)10-12-21/h19-22H,3-16H2,1-2H3. The molecule has 2 rings (SSSR count). The van der Waals surface area contributed by atoms with Gasteiger partial charge in [-0.1, -0.05) is 64.2 Å². The van der Waals surface area contributed by atoms with Crippen LogP contribution in [-0.2, 0) is 0 Å². The summed E-state index contributed by atoms with van der Waals surface area (Å²) in [5.74, 6) is 10.8. The molecule has 0 spiro atoms. The molecule has 22 heavy (non-hydrogen) atoms. The highest BCUT2D eigenvalue weighted by Gasteiger charge is 2.21. The third kappa shape index (κ3) is 6.36. The second-order valence-corrected chi connectivity index (χ2v) is 7.98. The van der Waals surface area contributed by atoms with Crippen LogP contribution in [0.4, 0.5) is 0 Å². The molecule has 0 N–H and O–H groups in total. The molecule has 0 bridgehead atoms. The van der Waals surface area contributed by atoms with E-state index in [1.807, 2.05) is 0 Å². The zero-order valence-electron chi connectivity index (χ0n) is 15.2. The average molecular weight is 303 g/mol. The maximum atomic E-state index is 3.67. The van der Waals surface area contributed by atoms with Gasteiger partial charge in [-0.25, -0.2) is 0 Å². The molecule has 2 saturated carbocycles. The van der Waals surface area contributed by atoms with Crippen molar-refractivity contribution < 1.29 is 0 Å². The third-order valence-electron chi connectivity index (χ3n) is 6.23. The smallest absolute Gasteiger partial charge is 0.0203 e. The van der Waals surface area contributed by atoms with Crippen molar-refractivity contribution in [2.45, 2.75) is 104 Å². The van der Waals surface area contributed by atoms with Gasteiger partial charge in [-0.3, -0.25) is 0 Å². The molecule has 0 aliphatic heterocycles. The molecule has 0 aromatic heterocycles. The van der Waals surface area contributed by atoms with Crippen molar-refractivity contribution in [2.24, 2.45) is 23.7 Å². The van der Waals surface area contributed by atoms with E-state index in [-0.39, 0.29) is 0 Å². The molecular weight excluding hydrogens is 264 g/mol. The van der Waals surface area contributed by atoms with E-state index in [0.29, 0.717) is 0 Å². The van der Waals surface area contributed by atoms with E-state index in [9.17, 15) is 0 Å². The van der Waals surface area contributed by atoms with E-state index in [4.69, 9.17) is 0 Å². The highest BCUT2D eigenvalue weighted by atomic mass is 14.3. The molecule has 0 nitrogen and oxygen atoms in total. The van der Waals surface area contributed by atoms with Gasteiger partial charge < -0.3 is 0 Å². The number of hydrogen-bond acceptors (Lipinski definition) is 0. The van der Waals surface area contributed by atoms with E-state index >= 15 is 0 Å². The van der Waals surface area contributed by atoms with Crippen molar-refractivity contribution in [1.82, 2.24) is 0 Å². The molecule has 0 heteroatoms. The highest BCUT2D eigenvalue weighted by Crippen LogP contribution is 2.33. The largest absolute Gasteiger partial charge is 0.0996 e. The molecule has 0 atom stereocenters. The molecule has 0 aromatic carbocycles. The van der Waals surface area contributed by atoms with E-state index in [1.54, 1.807) is 0 Å². The highest BCUT2D eigenvalue weighted by molar-refractivity contribution is 5.09. The van der Waals surface area contributed by atoms with Crippen molar-refractivity contribution in [3.63, 3.8) is 0 Å². The lowest BCUT2D eigenvalue weighted by atomic mass is 9.78. The summed E-state index contributed by atoms with van der Waals surface area (Å²) in [6, 6.07) is 0. The van der Waals surface area contributed by atoms with Gasteiger partial charge in [0, 0.05) is 11.8 Å². The van der Waals surface area contributed by atoms with Crippen molar-refractivity contribution in [3.05, 3.63) is 0 Å². The summed E-state index contributed by atoms with van der Waals surface area (Å²) in [5.41, 5.74) is 0. The van der Waals surface area contributed by atoms with Gasteiger partial charge in [0.15, 0.2) is 0 Å². The molecule has 126 valence electrons. The monoisotopic (exact) mass is 302 g/mol. The van der Waals surface area contributed by atoms with Crippen LogP contribution in [0.2, 0.25) is 0 Å². The minimum Gasteiger partial charge on any atom is -0.0996 e. The van der Waals surface area contributed by atoms with Crippen LogP contribution in [0.3, 0.4) is 0 Å². The first kappa shape index (κ1) is 17.9. The van der Waals surface area contributed by atoms with Gasteiger partial charge in [0.2, 0.25) is 0 Å². The first-order chi connectivity index (χ1) is 10.8. The van der Waals surface area contributed by atoms with Crippen LogP contribution in [0.15, 0.2) is 0 Å². The Kier molecular flexibility index (Phi) is 8.43. The first-order valence-corrected chi connectivity index (χ1v) is 10.3. The number of unbranched alkanes of at least 4 members (excludes halogenated alkanes) is 3. The minimum atomic E-state index is 0.731. The van der Waals surface area contributed by atoms with Crippen molar-refractivity contribution in [1.29, 1.82) is 0 Å². The molecule has 0 radical (unpaired) electrons. The Morgan fingerprint density at radius 1 is 0.636 bits per heavy atom. The molecule has 2 aliphatic rings. The Labute approximate surface area is 139 Å². The van der Waals surface area contributed by atoms with Crippen LogP contribution in [0.25, 0.3) is 0 Å². The van der Waals surface area contributed by atoms with Gasteiger partial charge in [-0.2, -0.15) is 0 Å². The maximum absolute atomic E-state index is 3.67. The van der Waals surface area contributed by atoms with Gasteiger partial charge in [0.05, 0.1) is 0 Å². The topological polar surface area (TPSA) is 0 Å². The molecule has 2 fully saturated rings. The van der Waals surface area contributed by atoms with Crippen LogP contribution < -0.4 is 0 Å². The van der Waals surface area contributed by atoms with Gasteiger partial charge in [-0.05, 0) is 63.2 Å². The fraction of sp³-hybridized carbons (Fsp3) is 0.909. The minimum absolute atomic E-state index is 0.731. The zero-order valence-corrected chi connectivity index (χ0v) is 15.2. The van der Waals surface area contributed by atoms with Crippen molar-refractivity contribution in [2.75, 3.05) is 0 Å². The summed E-state index contributed by atoms with van der Waals surface area (Å²) in [6.45, 7) is 4.65. The second-order valence-electron chi connectivity index (χ2n) is 7.98. The summed E-state index contributed by atoms with van der Waals surface area (Å²) in [6.07, 6.45) is 19.9. The molecule has 0 heterocycles. The lowest BCUT2D eigenvalue weighted by Gasteiger charge is -2.26. The summed E-state index contributed by atoms with van der Waals surface area (Å²) >= 11 is 0. The fourth-order valence-electron chi connectivity index (χ4n) is 4.41. The molecule has 0 amide bonds. The molecule has 0 saturated heterocycles. The SMILES string of the molecule is CCCCCCC1CCC(C#CC2CCC(CC)CC2)CC1. The Balaban J connectivity index is 1.60. The summed E-state index contributed by atoms with van der Waals surface area (Å²) in [4.78, 5) is 0. The van der Waals surface area contributed by atoms with Crippen LogP contribution in [0.5, 0.6) is 0 Å². The predicted molar refractivity (Wildman–Crippen MR) is 97.7 cm³/mol. The molecular formula is C22H38. The van der Waals surface area contributed by atoms with E-state index in [2.05, 4.69) is 25.7 Å². The Morgan fingerprint density at radius 3 is 1.68 bits per heavy atom. The first-order valence-electron chi connectivity index (χ1n) is 10.3. The summed E-state index contributed by atoms with van der Waals surface area (Å²) in [5, 5.41) is 0. The summed E-state index contributed by atoms with van der Waals surface area (Å²) < 4.78 is 0. The quantitative estimate of drug-likeness (QED) is 0.366.